The molecule has 0 radical (unpaired) electrons. The van der Waals surface area contributed by atoms with Gasteiger partial charge in [0.05, 0.1) is 170 Å². The second-order valence-corrected chi connectivity index (χ2v) is 16.5. The fourth-order valence-corrected chi connectivity index (χ4v) is 9.06. The van der Waals surface area contributed by atoms with Crippen LogP contribution in [-0.4, -0.2) is 224 Å². The summed E-state index contributed by atoms with van der Waals surface area (Å²) in [7, 11) is 46.0. The van der Waals surface area contributed by atoms with E-state index in [-0.39, 0.29) is 0 Å². The predicted octanol–water partition coefficient (Wildman–Crippen LogP) is -23.2. The second-order valence-electron chi connectivity index (χ2n) is 16.5. The van der Waals surface area contributed by atoms with Gasteiger partial charge in [0.15, 0.2) is 0 Å². The maximum atomic E-state index is 2.57. The van der Waals surface area contributed by atoms with Crippen LogP contribution in [0.5, 0.6) is 0 Å². The van der Waals surface area contributed by atoms with Gasteiger partial charge in [-0.2, -0.15) is 0 Å². The van der Waals surface area contributed by atoms with E-state index in [1.807, 2.05) is 0 Å². The molecule has 0 heterocycles. The van der Waals surface area contributed by atoms with Crippen LogP contribution in [0.3, 0.4) is 0 Å². The molecule has 184 valence electrons. The summed E-state index contributed by atoms with van der Waals surface area (Å²) >= 11 is 0. The van der Waals surface area contributed by atoms with E-state index in [9.17, 15) is 0 Å². The highest BCUT2D eigenvalue weighted by Gasteiger charge is 2.42. The molecule has 0 spiro atoms. The first-order chi connectivity index (χ1) is 19.9. The lowest BCUT2D eigenvalue weighted by Crippen LogP contribution is -2.80. The number of rotatable bonds is 14. The number of hydrogen-bond acceptors (Lipinski definition) is 0. The molecule has 2 aromatic carbocycles. The Bertz CT molecular complexity index is 1230. The Balaban J connectivity index is 3.78. The first kappa shape index (κ1) is 39.9. The molecule has 0 unspecified atom stereocenters. The maximum absolute atomic E-state index is 2.57. The average molecular weight is 523 g/mol. The highest BCUT2D eigenvalue weighted by molar-refractivity contribution is 7.89. The highest BCUT2D eigenvalue weighted by atomic mass is 14.2. The Hall–Kier alpha value is 0.713. The van der Waals surface area contributed by atoms with Crippen LogP contribution in [0.2, 0.25) is 0 Å². The number of benzene rings is 2. The van der Waals surface area contributed by atoms with Gasteiger partial charge in [0.1, 0.15) is 7.85 Å². The Morgan fingerprint density at radius 2 is 0.977 bits per heavy atom. The Labute approximate surface area is 290 Å². The standard InChI is InChI=1S/C12H43B31/c1-3-4(2)8(33(17)30-14)6-5(7(3)13)10(37(42(27)28)43(29)32-16)12(36(40(23)24)41(25)26)11(35(31-15)39(21)22)9(6)34(18)38(19)20/h30-32H,13-29H2,1-2H3. The SMILES string of the molecule is BBB(B)B(B(B)B)c1c(B(B(B)B)B(B)B)c(B(BB)B(B)B)c(B(B)B(B)B)c2c(B(B)BB)c(C)c(C)c(B)c12. The van der Waals surface area contributed by atoms with Crippen molar-refractivity contribution < 1.29 is 0 Å². The number of fused-ring (bicyclic) bond motifs is 1. The van der Waals surface area contributed by atoms with E-state index >= 15 is 0 Å². The van der Waals surface area contributed by atoms with E-state index in [0.29, 0.717) is 70.8 Å². The summed E-state index contributed by atoms with van der Waals surface area (Å²) in [4.78, 5) is 0. The Morgan fingerprint density at radius 1 is 0.465 bits per heavy atom. The quantitative estimate of drug-likeness (QED) is 0.216. The maximum Gasteiger partial charge on any atom is 0.140 e. The van der Waals surface area contributed by atoms with Gasteiger partial charge in [-0.15, -0.1) is 10.9 Å². The fraction of sp³-hybridized carbons (Fsp3) is 0.167. The van der Waals surface area contributed by atoms with Gasteiger partial charge in [-0.05, 0) is 24.6 Å². The van der Waals surface area contributed by atoms with Crippen molar-refractivity contribution in [3.05, 3.63) is 11.1 Å². The lowest BCUT2D eigenvalue weighted by Gasteiger charge is -2.41. The first-order valence-corrected chi connectivity index (χ1v) is 18.5. The van der Waals surface area contributed by atoms with Crippen molar-refractivity contribution in [3.8, 4) is 0 Å². The van der Waals surface area contributed by atoms with Gasteiger partial charge in [0, 0.05) is 45.4 Å². The molecule has 0 aliphatic rings. The molecule has 31 heteroatoms. The molecule has 0 N–H and O–H groups in total. The fourth-order valence-electron chi connectivity index (χ4n) is 9.06. The van der Waals surface area contributed by atoms with Crippen LogP contribution in [0.1, 0.15) is 11.1 Å². The van der Waals surface area contributed by atoms with Crippen LogP contribution in [-0.2, 0) is 0 Å². The zero-order valence-corrected chi connectivity index (χ0v) is 32.5. The molecule has 0 saturated carbocycles. The molecular weight excluding hydrogens is 479 g/mol. The van der Waals surface area contributed by atoms with E-state index in [1.165, 1.54) is 26.7 Å². The molecule has 0 nitrogen and oxygen atoms in total. The summed E-state index contributed by atoms with van der Waals surface area (Å²) in [6.07, 6.45) is 3.59. The molecule has 0 atom stereocenters. The molecule has 0 aliphatic heterocycles. The zero-order chi connectivity index (χ0) is 33.2. The molecule has 0 amide bonds. The van der Waals surface area contributed by atoms with Crippen molar-refractivity contribution in [3.63, 3.8) is 0 Å². The summed E-state index contributed by atoms with van der Waals surface area (Å²) in [5.74, 6) is 0. The molecule has 43 heavy (non-hydrogen) atoms. The van der Waals surface area contributed by atoms with Crippen molar-refractivity contribution in [2.24, 2.45) is 0 Å². The number of hydrogen-bond donors (Lipinski definition) is 0. The monoisotopic (exact) mass is 529 g/mol. The highest BCUT2D eigenvalue weighted by Crippen LogP contribution is 2.16. The van der Waals surface area contributed by atoms with E-state index in [0.717, 1.165) is 0 Å². The topological polar surface area (TPSA) is 0 Å². The minimum Gasteiger partial charge on any atom is -0.113 e. The van der Waals surface area contributed by atoms with Gasteiger partial charge in [-0.3, -0.25) is 0 Å². The van der Waals surface area contributed by atoms with Crippen molar-refractivity contribution in [2.75, 3.05) is 0 Å². The third kappa shape index (κ3) is 7.89. The molecule has 0 bridgehead atoms. The zero-order valence-electron chi connectivity index (χ0n) is 32.5. The van der Waals surface area contributed by atoms with Crippen molar-refractivity contribution in [1.82, 2.24) is 0 Å². The van der Waals surface area contributed by atoms with Gasteiger partial charge >= 0.3 is 0 Å². The molecule has 0 aromatic heterocycles. The molecule has 0 fully saturated rings. The van der Waals surface area contributed by atoms with Crippen molar-refractivity contribution in [2.45, 2.75) is 13.8 Å². The average Bonchev–Trinajstić information content (AvgIpc) is 2.91. The minimum absolute atomic E-state index is 0.503. The smallest absolute Gasteiger partial charge is 0.113 e. The minimum atomic E-state index is 0.503. The van der Waals surface area contributed by atoms with Gasteiger partial charge in [0.2, 0.25) is 0 Å². The van der Waals surface area contributed by atoms with Crippen molar-refractivity contribution >= 4 is 267 Å². The van der Waals surface area contributed by atoms with Gasteiger partial charge in [0.25, 0.3) is 0 Å². The third-order valence-electron chi connectivity index (χ3n) is 12.1. The largest absolute Gasteiger partial charge is 0.140 e. The van der Waals surface area contributed by atoms with E-state index in [1.54, 1.807) is 49.1 Å². The molecular formula is C12H43B31. The molecule has 2 aromatic rings. The van der Waals surface area contributed by atoms with E-state index in [2.05, 4.69) is 145 Å². The molecule has 2 rings (SSSR count). The van der Waals surface area contributed by atoms with Crippen LogP contribution in [0.15, 0.2) is 0 Å². The Kier molecular flexibility index (Phi) is 15.5. The van der Waals surface area contributed by atoms with E-state index in [4.69, 9.17) is 0 Å². The molecule has 0 saturated heterocycles. The summed E-state index contributed by atoms with van der Waals surface area (Å²) in [6.45, 7) is 7.56. The van der Waals surface area contributed by atoms with Gasteiger partial charge < -0.3 is 0 Å². The summed E-state index contributed by atoms with van der Waals surface area (Å²) < 4.78 is 0. The van der Waals surface area contributed by atoms with E-state index < -0.39 is 0 Å². The third-order valence-corrected chi connectivity index (χ3v) is 12.1. The van der Waals surface area contributed by atoms with Crippen LogP contribution >= 0.6 is 0 Å². The van der Waals surface area contributed by atoms with Gasteiger partial charge in [-0.1, -0.05) is 33.0 Å². The van der Waals surface area contributed by atoms with Crippen LogP contribution in [0.25, 0.3) is 10.8 Å². The Morgan fingerprint density at radius 3 is 1.35 bits per heavy atom. The van der Waals surface area contributed by atoms with Crippen LogP contribution in [0.4, 0.5) is 0 Å². The predicted molar refractivity (Wildman–Crippen MR) is 281 cm³/mol. The summed E-state index contributed by atoms with van der Waals surface area (Å²) in [5, 5.41) is 3.33. The normalized spacial score (nSPS) is 10.3. The first-order valence-electron chi connectivity index (χ1n) is 18.5. The lowest BCUT2D eigenvalue weighted by atomic mass is 8.66. The lowest BCUT2D eigenvalue weighted by molar-refractivity contribution is 1.41. The molecule has 0 aliphatic carbocycles. The van der Waals surface area contributed by atoms with Crippen LogP contribution in [0, 0.1) is 13.8 Å². The second kappa shape index (κ2) is 16.7. The summed E-state index contributed by atoms with van der Waals surface area (Å²) in [6, 6.07) is 0. The van der Waals surface area contributed by atoms with Crippen LogP contribution < -0.4 is 32.8 Å². The van der Waals surface area contributed by atoms with Crippen molar-refractivity contribution in [1.29, 1.82) is 0 Å². The summed E-state index contributed by atoms with van der Waals surface area (Å²) in [5.41, 5.74) is 13.3. The van der Waals surface area contributed by atoms with Gasteiger partial charge in [-0.25, -0.2) is 0 Å².